The summed E-state index contributed by atoms with van der Waals surface area (Å²) in [5.41, 5.74) is 10.8. The Morgan fingerprint density at radius 1 is 0.941 bits per heavy atom. The summed E-state index contributed by atoms with van der Waals surface area (Å²) in [5.74, 6) is -0.296. The summed E-state index contributed by atoms with van der Waals surface area (Å²) >= 11 is 0. The Morgan fingerprint density at radius 2 is 1.50 bits per heavy atom. The summed E-state index contributed by atoms with van der Waals surface area (Å²) in [4.78, 5) is 30.9. The topological polar surface area (TPSA) is 152 Å². The SMILES string of the molecule is C[C@H](Oc1cc(NC(N)=O)nc(-c2ccc(Oc3ccc(OC(F)(F)F)cc3)cc2)n1)C(N)=O. The summed E-state index contributed by atoms with van der Waals surface area (Å²) in [6, 6.07) is 11.6. The normalized spacial score (nSPS) is 11.9. The number of halogens is 3. The molecular weight excluding hydrogens is 459 g/mol. The number of aromatic nitrogens is 2. The van der Waals surface area contributed by atoms with E-state index in [4.69, 9.17) is 20.9 Å². The van der Waals surface area contributed by atoms with Crippen molar-refractivity contribution in [3.05, 3.63) is 54.6 Å². The summed E-state index contributed by atoms with van der Waals surface area (Å²) in [6.07, 6.45) is -5.78. The van der Waals surface area contributed by atoms with Crippen molar-refractivity contribution in [3.63, 3.8) is 0 Å². The molecule has 1 heterocycles. The molecule has 5 N–H and O–H groups in total. The van der Waals surface area contributed by atoms with Gasteiger partial charge in [0.1, 0.15) is 23.1 Å². The molecule has 3 rings (SSSR count). The average molecular weight is 477 g/mol. The molecule has 13 heteroatoms. The number of nitrogens with two attached hydrogens (primary N) is 2. The Morgan fingerprint density at radius 3 is 2.03 bits per heavy atom. The minimum absolute atomic E-state index is 0.0263. The molecule has 0 fully saturated rings. The Hall–Kier alpha value is -4.55. The maximum absolute atomic E-state index is 12.3. The third-order valence-corrected chi connectivity index (χ3v) is 4.06. The van der Waals surface area contributed by atoms with Gasteiger partial charge in [0, 0.05) is 11.6 Å². The van der Waals surface area contributed by atoms with Crippen molar-refractivity contribution in [3.8, 4) is 34.5 Å². The van der Waals surface area contributed by atoms with Crippen LogP contribution in [0.5, 0.6) is 23.1 Å². The first kappa shape index (κ1) is 24.1. The second-order valence-corrected chi connectivity index (χ2v) is 6.71. The molecule has 0 saturated heterocycles. The van der Waals surface area contributed by atoms with E-state index in [2.05, 4.69) is 20.0 Å². The highest BCUT2D eigenvalue weighted by atomic mass is 19.4. The Bertz CT molecular complexity index is 1170. The largest absolute Gasteiger partial charge is 0.573 e. The summed E-state index contributed by atoms with van der Waals surface area (Å²) in [6.45, 7) is 1.43. The minimum Gasteiger partial charge on any atom is -0.464 e. The van der Waals surface area contributed by atoms with Crippen LogP contribution in [0.15, 0.2) is 54.6 Å². The van der Waals surface area contributed by atoms with Gasteiger partial charge in [0.25, 0.3) is 5.91 Å². The van der Waals surface area contributed by atoms with Crippen LogP contribution < -0.4 is 31.0 Å². The molecule has 0 aliphatic heterocycles. The number of nitrogens with one attached hydrogen (secondary N) is 1. The maximum Gasteiger partial charge on any atom is 0.573 e. The minimum atomic E-state index is -4.78. The van der Waals surface area contributed by atoms with Crippen LogP contribution in [-0.4, -0.2) is 34.4 Å². The lowest BCUT2D eigenvalue weighted by atomic mass is 10.2. The van der Waals surface area contributed by atoms with E-state index in [1.807, 2.05) is 0 Å². The van der Waals surface area contributed by atoms with Gasteiger partial charge < -0.3 is 25.7 Å². The number of hydrogen-bond acceptors (Lipinski definition) is 7. The number of alkyl halides is 3. The predicted molar refractivity (Wildman–Crippen MR) is 113 cm³/mol. The molecule has 178 valence electrons. The zero-order valence-electron chi connectivity index (χ0n) is 17.5. The molecule has 0 unspecified atom stereocenters. The number of primary amides is 2. The van der Waals surface area contributed by atoms with Crippen molar-refractivity contribution < 1.29 is 37.0 Å². The Kier molecular flexibility index (Phi) is 7.04. The number of urea groups is 1. The number of ether oxygens (including phenoxy) is 3. The molecule has 10 nitrogen and oxygen atoms in total. The lowest BCUT2D eigenvalue weighted by Crippen LogP contribution is -2.31. The molecule has 2 aromatic carbocycles. The van der Waals surface area contributed by atoms with Gasteiger partial charge in [-0.15, -0.1) is 13.2 Å². The van der Waals surface area contributed by atoms with Crippen LogP contribution in [0.4, 0.5) is 23.8 Å². The third-order valence-electron chi connectivity index (χ3n) is 4.06. The third kappa shape index (κ3) is 6.98. The van der Waals surface area contributed by atoms with Gasteiger partial charge in [-0.25, -0.2) is 9.78 Å². The fraction of sp³-hybridized carbons (Fsp3) is 0.143. The van der Waals surface area contributed by atoms with Crippen LogP contribution in [0, 0.1) is 0 Å². The molecule has 0 radical (unpaired) electrons. The first-order chi connectivity index (χ1) is 16.0. The van der Waals surface area contributed by atoms with E-state index in [9.17, 15) is 22.8 Å². The fourth-order valence-electron chi connectivity index (χ4n) is 2.56. The number of carbonyl (C=O) groups is 2. The van der Waals surface area contributed by atoms with Gasteiger partial charge in [0.2, 0.25) is 5.88 Å². The number of benzene rings is 2. The second-order valence-electron chi connectivity index (χ2n) is 6.71. The number of carbonyl (C=O) groups excluding carboxylic acids is 2. The molecule has 3 amide bonds. The van der Waals surface area contributed by atoms with Crippen molar-refractivity contribution in [2.75, 3.05) is 5.32 Å². The van der Waals surface area contributed by atoms with Crippen LogP contribution in [0.2, 0.25) is 0 Å². The second kappa shape index (κ2) is 9.94. The molecule has 3 aromatic rings. The number of anilines is 1. The van der Waals surface area contributed by atoms with Crippen LogP contribution in [0.1, 0.15) is 6.92 Å². The monoisotopic (exact) mass is 477 g/mol. The lowest BCUT2D eigenvalue weighted by Gasteiger charge is -2.13. The Balaban J connectivity index is 1.78. The van der Waals surface area contributed by atoms with E-state index in [-0.39, 0.29) is 29.0 Å². The number of amides is 3. The van der Waals surface area contributed by atoms with Crippen LogP contribution in [-0.2, 0) is 4.79 Å². The van der Waals surface area contributed by atoms with Crippen LogP contribution in [0.3, 0.4) is 0 Å². The van der Waals surface area contributed by atoms with Crippen molar-refractivity contribution in [2.45, 2.75) is 19.4 Å². The molecule has 0 aliphatic rings. The highest BCUT2D eigenvalue weighted by Gasteiger charge is 2.31. The van der Waals surface area contributed by atoms with Crippen molar-refractivity contribution in [2.24, 2.45) is 11.5 Å². The summed E-state index contributed by atoms with van der Waals surface area (Å²) < 4.78 is 51.6. The van der Waals surface area contributed by atoms with Gasteiger partial charge in [0.15, 0.2) is 11.9 Å². The Labute approximate surface area is 190 Å². The van der Waals surface area contributed by atoms with Gasteiger partial charge in [-0.1, -0.05) is 0 Å². The van der Waals surface area contributed by atoms with Gasteiger partial charge in [-0.3, -0.25) is 10.1 Å². The fourth-order valence-corrected chi connectivity index (χ4v) is 2.56. The van der Waals surface area contributed by atoms with E-state index >= 15 is 0 Å². The molecule has 1 atom stereocenters. The van der Waals surface area contributed by atoms with E-state index in [1.54, 1.807) is 24.3 Å². The highest BCUT2D eigenvalue weighted by Crippen LogP contribution is 2.29. The molecule has 1 aromatic heterocycles. The predicted octanol–water partition coefficient (Wildman–Crippen LogP) is 3.58. The van der Waals surface area contributed by atoms with Crippen LogP contribution in [0.25, 0.3) is 11.4 Å². The van der Waals surface area contributed by atoms with Crippen molar-refractivity contribution in [1.29, 1.82) is 0 Å². The first-order valence-electron chi connectivity index (χ1n) is 9.54. The molecule has 0 bridgehead atoms. The quantitative estimate of drug-likeness (QED) is 0.448. The molecule has 34 heavy (non-hydrogen) atoms. The van der Waals surface area contributed by atoms with Gasteiger partial charge in [-0.2, -0.15) is 4.98 Å². The van der Waals surface area contributed by atoms with E-state index in [0.29, 0.717) is 11.3 Å². The van der Waals surface area contributed by atoms with Gasteiger partial charge >= 0.3 is 12.4 Å². The number of hydrogen-bond donors (Lipinski definition) is 3. The van der Waals surface area contributed by atoms with Crippen molar-refractivity contribution in [1.82, 2.24) is 9.97 Å². The molecule has 0 spiro atoms. The molecular formula is C21H18F3N5O5. The van der Waals surface area contributed by atoms with Crippen LogP contribution >= 0.6 is 0 Å². The van der Waals surface area contributed by atoms with Gasteiger partial charge in [-0.05, 0) is 55.5 Å². The zero-order valence-corrected chi connectivity index (χ0v) is 17.5. The zero-order chi connectivity index (χ0) is 24.9. The first-order valence-corrected chi connectivity index (χ1v) is 9.54. The smallest absolute Gasteiger partial charge is 0.464 e. The molecule has 0 saturated carbocycles. The van der Waals surface area contributed by atoms with E-state index in [1.165, 1.54) is 25.1 Å². The summed E-state index contributed by atoms with van der Waals surface area (Å²) in [7, 11) is 0. The van der Waals surface area contributed by atoms with Crippen molar-refractivity contribution >= 4 is 17.8 Å². The summed E-state index contributed by atoms with van der Waals surface area (Å²) in [5, 5.41) is 2.31. The highest BCUT2D eigenvalue weighted by molar-refractivity contribution is 5.87. The average Bonchev–Trinajstić information content (AvgIpc) is 2.74. The number of rotatable bonds is 8. The van der Waals surface area contributed by atoms with E-state index in [0.717, 1.165) is 12.1 Å². The number of nitrogens with zero attached hydrogens (tertiary/aromatic N) is 2. The maximum atomic E-state index is 12.3. The van der Waals surface area contributed by atoms with Gasteiger partial charge in [0.05, 0.1) is 0 Å². The molecule has 0 aliphatic carbocycles. The van der Waals surface area contributed by atoms with E-state index < -0.39 is 24.4 Å². The lowest BCUT2D eigenvalue weighted by molar-refractivity contribution is -0.274. The standard InChI is InChI=1S/C21H18F3N5O5/c1-11(18(25)30)32-17-10-16(28-20(26)31)27-19(29-17)12-2-4-13(5-3-12)33-14-6-8-15(9-7-14)34-21(22,23)24/h2-11H,1H3,(H2,25,30)(H3,26,27,28,29,31)/t11-/m0/s1.